The number of nitrogens with zero attached hydrogens (tertiary/aromatic N) is 3. The lowest BCUT2D eigenvalue weighted by Gasteiger charge is -2.09. The fraction of sp³-hybridized carbons (Fsp3) is 0.150. The van der Waals surface area contributed by atoms with Crippen LogP contribution in [0.25, 0.3) is 5.65 Å². The number of fused-ring (bicyclic) bond motifs is 1. The van der Waals surface area contributed by atoms with E-state index < -0.39 is 0 Å². The van der Waals surface area contributed by atoms with Crippen LogP contribution in [0.5, 0.6) is 11.5 Å². The summed E-state index contributed by atoms with van der Waals surface area (Å²) in [5.41, 5.74) is 5.10. The predicted molar refractivity (Wildman–Crippen MR) is 104 cm³/mol. The molecule has 0 radical (unpaired) electrons. The van der Waals surface area contributed by atoms with Gasteiger partial charge in [0.1, 0.15) is 17.9 Å². The Hall–Kier alpha value is -3.61. The minimum atomic E-state index is -0.333. The summed E-state index contributed by atoms with van der Waals surface area (Å²) >= 11 is 0. The second kappa shape index (κ2) is 8.18. The predicted octanol–water partition coefficient (Wildman–Crippen LogP) is 2.98. The van der Waals surface area contributed by atoms with Crippen molar-refractivity contribution in [1.82, 2.24) is 14.8 Å². The number of hydrogen-bond donors (Lipinski definition) is 1. The summed E-state index contributed by atoms with van der Waals surface area (Å²) in [5, 5.41) is 4.03. The fourth-order valence-electron chi connectivity index (χ4n) is 2.64. The zero-order chi connectivity index (χ0) is 19.2. The zero-order valence-electron chi connectivity index (χ0n) is 15.2. The van der Waals surface area contributed by atoms with Crippen LogP contribution in [0.4, 0.5) is 0 Å². The number of hydrogen-bond acceptors (Lipinski definition) is 5. The largest absolute Gasteiger partial charge is 0.493 e. The van der Waals surface area contributed by atoms with Crippen LogP contribution in [0.2, 0.25) is 0 Å². The number of aromatic nitrogens is 2. The molecule has 1 N–H and O–H groups in total. The maximum atomic E-state index is 12.5. The molecular formula is C20H20N4O3. The van der Waals surface area contributed by atoms with Gasteiger partial charge in [-0.25, -0.2) is 10.4 Å². The first kappa shape index (κ1) is 18.2. The SMILES string of the molecule is C=CCOc1ccc(C=NNC(=O)c2c(C)nc3ccccn23)cc1OC. The lowest BCUT2D eigenvalue weighted by Crippen LogP contribution is -2.20. The van der Waals surface area contributed by atoms with Crippen LogP contribution in [0, 0.1) is 6.92 Å². The first-order valence-corrected chi connectivity index (χ1v) is 8.33. The smallest absolute Gasteiger partial charge is 0.290 e. The summed E-state index contributed by atoms with van der Waals surface area (Å²) in [6.45, 7) is 5.80. The van der Waals surface area contributed by atoms with Crippen molar-refractivity contribution in [2.75, 3.05) is 13.7 Å². The second-order valence-electron chi connectivity index (χ2n) is 5.68. The van der Waals surface area contributed by atoms with E-state index in [-0.39, 0.29) is 5.91 Å². The van der Waals surface area contributed by atoms with Crippen LogP contribution in [0.1, 0.15) is 21.7 Å². The first-order chi connectivity index (χ1) is 13.1. The van der Waals surface area contributed by atoms with E-state index in [1.54, 1.807) is 42.8 Å². The van der Waals surface area contributed by atoms with Crippen molar-refractivity contribution in [1.29, 1.82) is 0 Å². The third kappa shape index (κ3) is 3.98. The molecular weight excluding hydrogens is 344 g/mol. The molecule has 0 fully saturated rings. The van der Waals surface area contributed by atoms with Crippen LogP contribution in [0.15, 0.2) is 60.4 Å². The van der Waals surface area contributed by atoms with Gasteiger partial charge in [-0.15, -0.1) is 0 Å². The molecule has 0 spiro atoms. The number of carbonyl (C=O) groups excluding carboxylic acids is 1. The molecule has 0 aliphatic carbocycles. The number of methoxy groups -OCH3 is 1. The number of aryl methyl sites for hydroxylation is 1. The van der Waals surface area contributed by atoms with Gasteiger partial charge in [-0.05, 0) is 42.8 Å². The van der Waals surface area contributed by atoms with Gasteiger partial charge in [0.05, 0.1) is 19.0 Å². The van der Waals surface area contributed by atoms with Gasteiger partial charge in [0.15, 0.2) is 11.5 Å². The van der Waals surface area contributed by atoms with Gasteiger partial charge in [0.2, 0.25) is 0 Å². The van der Waals surface area contributed by atoms with Crippen molar-refractivity contribution in [3.63, 3.8) is 0 Å². The van der Waals surface area contributed by atoms with E-state index in [0.717, 1.165) is 5.56 Å². The van der Waals surface area contributed by atoms with E-state index in [2.05, 4.69) is 22.1 Å². The summed E-state index contributed by atoms with van der Waals surface area (Å²) in [6, 6.07) is 10.9. The maximum absolute atomic E-state index is 12.5. The monoisotopic (exact) mass is 364 g/mol. The van der Waals surface area contributed by atoms with Gasteiger partial charge in [-0.3, -0.25) is 9.20 Å². The number of ether oxygens (including phenoxy) is 2. The third-order valence-corrected chi connectivity index (χ3v) is 3.84. The Kier molecular flexibility index (Phi) is 5.51. The van der Waals surface area contributed by atoms with Gasteiger partial charge in [-0.2, -0.15) is 5.10 Å². The Morgan fingerprint density at radius 3 is 2.96 bits per heavy atom. The molecule has 0 unspecified atom stereocenters. The average molecular weight is 364 g/mol. The number of rotatable bonds is 7. The van der Waals surface area contributed by atoms with Gasteiger partial charge in [-0.1, -0.05) is 18.7 Å². The highest BCUT2D eigenvalue weighted by Crippen LogP contribution is 2.27. The Morgan fingerprint density at radius 1 is 1.33 bits per heavy atom. The molecule has 0 saturated carbocycles. The van der Waals surface area contributed by atoms with Crippen molar-refractivity contribution in [2.45, 2.75) is 6.92 Å². The molecule has 7 nitrogen and oxygen atoms in total. The number of pyridine rings is 1. The van der Waals surface area contributed by atoms with Gasteiger partial charge in [0, 0.05) is 6.20 Å². The molecule has 2 heterocycles. The van der Waals surface area contributed by atoms with Crippen molar-refractivity contribution < 1.29 is 14.3 Å². The third-order valence-electron chi connectivity index (χ3n) is 3.84. The molecule has 7 heteroatoms. The highest BCUT2D eigenvalue weighted by molar-refractivity contribution is 5.95. The zero-order valence-corrected chi connectivity index (χ0v) is 15.2. The van der Waals surface area contributed by atoms with E-state index >= 15 is 0 Å². The molecule has 0 aliphatic heterocycles. The number of carbonyl (C=O) groups is 1. The molecule has 0 atom stereocenters. The molecule has 2 aromatic heterocycles. The van der Waals surface area contributed by atoms with Gasteiger partial charge >= 0.3 is 0 Å². The van der Waals surface area contributed by atoms with E-state index in [4.69, 9.17) is 9.47 Å². The molecule has 3 aromatic rings. The summed E-state index contributed by atoms with van der Waals surface area (Å²) < 4.78 is 12.6. The molecule has 27 heavy (non-hydrogen) atoms. The highest BCUT2D eigenvalue weighted by Gasteiger charge is 2.15. The molecule has 138 valence electrons. The van der Waals surface area contributed by atoms with Crippen LogP contribution in [0.3, 0.4) is 0 Å². The standard InChI is InChI=1S/C20H20N4O3/c1-4-11-27-16-9-8-15(12-17(16)26-3)13-21-23-20(25)19-14(2)22-18-7-5-6-10-24(18)19/h4-10,12-13H,1,11H2,2-3H3,(H,23,25). The van der Waals surface area contributed by atoms with Crippen molar-refractivity contribution in [3.8, 4) is 11.5 Å². The lowest BCUT2D eigenvalue weighted by atomic mass is 10.2. The topological polar surface area (TPSA) is 77.2 Å². The summed E-state index contributed by atoms with van der Waals surface area (Å²) in [4.78, 5) is 16.9. The number of hydrazone groups is 1. The molecule has 1 aromatic carbocycles. The molecule has 3 rings (SSSR count). The maximum Gasteiger partial charge on any atom is 0.290 e. The molecule has 0 bridgehead atoms. The Morgan fingerprint density at radius 2 is 2.19 bits per heavy atom. The van der Waals surface area contributed by atoms with Gasteiger partial charge in [0.25, 0.3) is 5.91 Å². The number of amides is 1. The Balaban J connectivity index is 1.74. The number of benzene rings is 1. The number of imidazole rings is 1. The van der Waals surface area contributed by atoms with Crippen molar-refractivity contribution in [3.05, 3.63) is 72.2 Å². The quantitative estimate of drug-likeness (QED) is 0.397. The van der Waals surface area contributed by atoms with Gasteiger partial charge < -0.3 is 9.47 Å². The number of nitrogens with one attached hydrogen (secondary N) is 1. The van der Waals surface area contributed by atoms with Crippen LogP contribution >= 0.6 is 0 Å². The highest BCUT2D eigenvalue weighted by atomic mass is 16.5. The Labute approximate surface area is 156 Å². The second-order valence-corrected chi connectivity index (χ2v) is 5.68. The van der Waals surface area contributed by atoms with E-state index in [0.29, 0.717) is 35.1 Å². The minimum Gasteiger partial charge on any atom is -0.493 e. The minimum absolute atomic E-state index is 0.333. The summed E-state index contributed by atoms with van der Waals surface area (Å²) in [6.07, 6.45) is 4.99. The summed E-state index contributed by atoms with van der Waals surface area (Å²) in [5.74, 6) is 0.852. The van der Waals surface area contributed by atoms with Crippen LogP contribution in [-0.4, -0.2) is 35.2 Å². The Bertz CT molecular complexity index is 1010. The van der Waals surface area contributed by atoms with E-state index in [1.807, 2.05) is 24.3 Å². The van der Waals surface area contributed by atoms with Crippen molar-refractivity contribution in [2.24, 2.45) is 5.10 Å². The fourth-order valence-corrected chi connectivity index (χ4v) is 2.64. The van der Waals surface area contributed by atoms with E-state index in [9.17, 15) is 4.79 Å². The summed E-state index contributed by atoms with van der Waals surface area (Å²) in [7, 11) is 1.56. The molecule has 0 aliphatic rings. The first-order valence-electron chi connectivity index (χ1n) is 8.33. The molecule has 0 saturated heterocycles. The van der Waals surface area contributed by atoms with Crippen LogP contribution in [-0.2, 0) is 0 Å². The normalized spacial score (nSPS) is 10.9. The average Bonchev–Trinajstić information content (AvgIpc) is 3.02. The lowest BCUT2D eigenvalue weighted by molar-refractivity contribution is 0.0948. The van der Waals surface area contributed by atoms with Crippen LogP contribution < -0.4 is 14.9 Å². The van der Waals surface area contributed by atoms with Crippen molar-refractivity contribution >= 4 is 17.8 Å². The van der Waals surface area contributed by atoms with E-state index in [1.165, 1.54) is 6.21 Å². The molecule has 1 amide bonds.